The van der Waals surface area contributed by atoms with Crippen LogP contribution in [0.5, 0.6) is 5.88 Å². The molecule has 0 aliphatic heterocycles. The quantitative estimate of drug-likeness (QED) is 0.559. The number of nitrogens with zero attached hydrogens (tertiary/aromatic N) is 1. The predicted molar refractivity (Wildman–Crippen MR) is 97.9 cm³/mol. The summed E-state index contributed by atoms with van der Waals surface area (Å²) in [5.74, 6) is 5.06. The average Bonchev–Trinajstić information content (AvgIpc) is 2.92. The molecule has 0 amide bonds. The standard InChI is InChI=1S/C18H23N3O3S/c1-18(2)5-4-13-12(7-18)15(17(22)23)16(25-13)11-6-14(24-3)20-8-10(11)9-21-19/h6,8,21H,4-5,7,9,19H2,1-3H3,(H,22,23). The fraction of sp³-hybridized carbons (Fsp3) is 0.444. The maximum absolute atomic E-state index is 12.1. The number of hydrogen-bond donors (Lipinski definition) is 3. The van der Waals surface area contributed by atoms with E-state index in [1.807, 2.05) is 0 Å². The number of carboxylic acids is 1. The minimum Gasteiger partial charge on any atom is -0.481 e. The molecule has 7 heteroatoms. The topological polar surface area (TPSA) is 97.5 Å². The van der Waals surface area contributed by atoms with E-state index in [4.69, 9.17) is 10.6 Å². The van der Waals surface area contributed by atoms with Crippen LogP contribution < -0.4 is 16.0 Å². The molecule has 0 aromatic carbocycles. The number of carboxylic acid groups (broad SMARTS) is 1. The van der Waals surface area contributed by atoms with Crippen LogP contribution in [0.15, 0.2) is 12.3 Å². The first kappa shape index (κ1) is 17.8. The summed E-state index contributed by atoms with van der Waals surface area (Å²) in [6.45, 7) is 4.79. The number of hydrogen-bond acceptors (Lipinski definition) is 6. The van der Waals surface area contributed by atoms with Gasteiger partial charge in [0.2, 0.25) is 5.88 Å². The summed E-state index contributed by atoms with van der Waals surface area (Å²) in [6, 6.07) is 1.79. The lowest BCUT2D eigenvalue weighted by atomic mass is 9.76. The molecule has 3 rings (SSSR count). The number of hydrazine groups is 1. The third kappa shape index (κ3) is 3.40. The maximum atomic E-state index is 12.1. The Morgan fingerprint density at radius 2 is 2.28 bits per heavy atom. The highest BCUT2D eigenvalue weighted by Gasteiger charge is 2.33. The van der Waals surface area contributed by atoms with Crippen LogP contribution in [0.3, 0.4) is 0 Å². The predicted octanol–water partition coefficient (Wildman–Crippen LogP) is 3.00. The molecule has 25 heavy (non-hydrogen) atoms. The van der Waals surface area contributed by atoms with Gasteiger partial charge in [0.25, 0.3) is 0 Å². The van der Waals surface area contributed by atoms with Crippen LogP contribution in [0, 0.1) is 5.41 Å². The third-order valence-electron chi connectivity index (χ3n) is 4.70. The van der Waals surface area contributed by atoms with Gasteiger partial charge in [-0.05, 0) is 35.8 Å². The zero-order chi connectivity index (χ0) is 18.2. The molecule has 0 radical (unpaired) electrons. The molecule has 0 spiro atoms. The Balaban J connectivity index is 2.21. The molecular formula is C18H23N3O3S. The molecule has 2 heterocycles. The summed E-state index contributed by atoms with van der Waals surface area (Å²) in [4.78, 5) is 18.2. The van der Waals surface area contributed by atoms with Crippen LogP contribution in [-0.4, -0.2) is 23.2 Å². The van der Waals surface area contributed by atoms with E-state index in [9.17, 15) is 9.90 Å². The fourth-order valence-corrected chi connectivity index (χ4v) is 4.73. The van der Waals surface area contributed by atoms with Gasteiger partial charge in [-0.3, -0.25) is 11.3 Å². The Kier molecular flexibility index (Phi) is 4.81. The molecule has 4 N–H and O–H groups in total. The molecule has 134 valence electrons. The van der Waals surface area contributed by atoms with Crippen molar-refractivity contribution in [3.05, 3.63) is 33.8 Å². The molecular weight excluding hydrogens is 338 g/mol. The van der Waals surface area contributed by atoms with Crippen molar-refractivity contribution in [3.63, 3.8) is 0 Å². The van der Waals surface area contributed by atoms with E-state index < -0.39 is 5.97 Å². The maximum Gasteiger partial charge on any atom is 0.337 e. The van der Waals surface area contributed by atoms with Gasteiger partial charge in [-0.15, -0.1) is 11.3 Å². The second-order valence-electron chi connectivity index (χ2n) is 7.12. The van der Waals surface area contributed by atoms with E-state index in [1.54, 1.807) is 30.7 Å². The normalized spacial score (nSPS) is 15.7. The molecule has 0 unspecified atom stereocenters. The number of aromatic carboxylic acids is 1. The van der Waals surface area contributed by atoms with Crippen molar-refractivity contribution in [3.8, 4) is 16.3 Å². The van der Waals surface area contributed by atoms with Crippen LogP contribution in [0.25, 0.3) is 10.4 Å². The molecule has 0 atom stereocenters. The van der Waals surface area contributed by atoms with E-state index in [0.29, 0.717) is 18.0 Å². The monoisotopic (exact) mass is 361 g/mol. The number of methoxy groups -OCH3 is 1. The lowest BCUT2D eigenvalue weighted by Gasteiger charge is -2.29. The third-order valence-corrected chi connectivity index (χ3v) is 6.02. The first-order chi connectivity index (χ1) is 11.9. The highest BCUT2D eigenvalue weighted by Crippen LogP contribution is 2.46. The van der Waals surface area contributed by atoms with Gasteiger partial charge < -0.3 is 9.84 Å². The number of thiophene rings is 1. The fourth-order valence-electron chi connectivity index (χ4n) is 3.37. The summed E-state index contributed by atoms with van der Waals surface area (Å²) in [5, 5.41) is 9.91. The Hall–Kier alpha value is -1.96. The van der Waals surface area contributed by atoms with Crippen molar-refractivity contribution in [1.82, 2.24) is 10.4 Å². The number of aromatic nitrogens is 1. The van der Waals surface area contributed by atoms with Gasteiger partial charge >= 0.3 is 5.97 Å². The highest BCUT2D eigenvalue weighted by molar-refractivity contribution is 7.16. The van der Waals surface area contributed by atoms with E-state index in [1.165, 1.54) is 4.88 Å². The Bertz CT molecular complexity index is 814. The minimum absolute atomic E-state index is 0.118. The molecule has 1 aliphatic rings. The van der Waals surface area contributed by atoms with Crippen LogP contribution in [-0.2, 0) is 19.4 Å². The second kappa shape index (κ2) is 6.74. The van der Waals surface area contributed by atoms with Gasteiger partial charge in [0.1, 0.15) is 0 Å². The lowest BCUT2D eigenvalue weighted by molar-refractivity contribution is 0.0696. The minimum atomic E-state index is -0.882. The van der Waals surface area contributed by atoms with E-state index in [-0.39, 0.29) is 5.41 Å². The summed E-state index contributed by atoms with van der Waals surface area (Å²) >= 11 is 1.57. The molecule has 0 saturated carbocycles. The number of nitrogens with one attached hydrogen (secondary N) is 1. The van der Waals surface area contributed by atoms with Crippen molar-refractivity contribution in [2.24, 2.45) is 11.3 Å². The Labute approximate surface area is 151 Å². The van der Waals surface area contributed by atoms with Crippen LogP contribution in [0.2, 0.25) is 0 Å². The highest BCUT2D eigenvalue weighted by atomic mass is 32.1. The first-order valence-electron chi connectivity index (χ1n) is 8.21. The first-order valence-corrected chi connectivity index (χ1v) is 9.02. The van der Waals surface area contributed by atoms with Gasteiger partial charge in [0, 0.05) is 34.1 Å². The lowest BCUT2D eigenvalue weighted by Crippen LogP contribution is -2.22. The summed E-state index contributed by atoms with van der Waals surface area (Å²) in [5.41, 5.74) is 5.81. The number of fused-ring (bicyclic) bond motifs is 1. The number of nitrogens with two attached hydrogens (primary N) is 1. The summed E-state index contributed by atoms with van der Waals surface area (Å²) in [6.07, 6.45) is 4.45. The second-order valence-corrected chi connectivity index (χ2v) is 8.22. The molecule has 2 aromatic heterocycles. The van der Waals surface area contributed by atoms with Gasteiger partial charge in [-0.1, -0.05) is 13.8 Å². The van der Waals surface area contributed by atoms with Crippen molar-refractivity contribution in [1.29, 1.82) is 0 Å². The molecule has 0 saturated heterocycles. The molecule has 0 fully saturated rings. The molecule has 6 nitrogen and oxygen atoms in total. The van der Waals surface area contributed by atoms with Gasteiger partial charge in [-0.2, -0.15) is 0 Å². The van der Waals surface area contributed by atoms with E-state index in [2.05, 4.69) is 24.3 Å². The van der Waals surface area contributed by atoms with Gasteiger partial charge in [-0.25, -0.2) is 9.78 Å². The summed E-state index contributed by atoms with van der Waals surface area (Å²) < 4.78 is 5.24. The number of carbonyl (C=O) groups is 1. The van der Waals surface area contributed by atoms with Crippen LogP contribution in [0.1, 0.15) is 46.6 Å². The summed E-state index contributed by atoms with van der Waals surface area (Å²) in [7, 11) is 1.55. The van der Waals surface area contributed by atoms with E-state index >= 15 is 0 Å². The van der Waals surface area contributed by atoms with Crippen molar-refractivity contribution >= 4 is 17.3 Å². The zero-order valence-electron chi connectivity index (χ0n) is 14.7. The number of aryl methyl sites for hydroxylation is 1. The van der Waals surface area contributed by atoms with Gasteiger partial charge in [0.15, 0.2) is 0 Å². The number of rotatable bonds is 5. The average molecular weight is 361 g/mol. The number of ether oxygens (including phenoxy) is 1. The molecule has 0 bridgehead atoms. The number of pyridine rings is 1. The smallest absolute Gasteiger partial charge is 0.337 e. The SMILES string of the molecule is COc1cc(-c2sc3c(c2C(=O)O)CC(C)(C)CC3)c(CNN)cn1. The Morgan fingerprint density at radius 3 is 2.92 bits per heavy atom. The van der Waals surface area contributed by atoms with Crippen molar-refractivity contribution in [2.75, 3.05) is 7.11 Å². The molecule has 1 aliphatic carbocycles. The van der Waals surface area contributed by atoms with Crippen molar-refractivity contribution in [2.45, 2.75) is 39.7 Å². The Morgan fingerprint density at radius 1 is 1.52 bits per heavy atom. The van der Waals surface area contributed by atoms with Gasteiger partial charge in [0.05, 0.1) is 12.7 Å². The van der Waals surface area contributed by atoms with Crippen molar-refractivity contribution < 1.29 is 14.6 Å². The largest absolute Gasteiger partial charge is 0.481 e. The van der Waals surface area contributed by atoms with Crippen LogP contribution >= 0.6 is 11.3 Å². The zero-order valence-corrected chi connectivity index (χ0v) is 15.5. The molecule has 2 aromatic rings. The van der Waals surface area contributed by atoms with Crippen LogP contribution in [0.4, 0.5) is 0 Å². The van der Waals surface area contributed by atoms with E-state index in [0.717, 1.165) is 40.8 Å².